The molecule has 0 aromatic carbocycles. The molecule has 196 valence electrons. The van der Waals surface area contributed by atoms with Crippen LogP contribution in [0.2, 0.25) is 0 Å². The zero-order chi connectivity index (χ0) is 26.7. The van der Waals surface area contributed by atoms with Crippen LogP contribution in [-0.4, -0.2) is 65.5 Å². The number of hydrogen-bond acceptors (Lipinski definition) is 15. The lowest BCUT2D eigenvalue weighted by atomic mass is 10.3. The molecule has 0 atom stereocenters. The van der Waals surface area contributed by atoms with Crippen LogP contribution in [-0.2, 0) is 38.1 Å². The van der Waals surface area contributed by atoms with Gasteiger partial charge >= 0.3 is 23.9 Å². The van der Waals surface area contributed by atoms with Crippen LogP contribution in [0, 0.1) is 0 Å². The summed E-state index contributed by atoms with van der Waals surface area (Å²) in [5.41, 5.74) is 0. The van der Waals surface area contributed by atoms with Gasteiger partial charge in [0.25, 0.3) is 0 Å². The molecule has 1 aromatic rings. The van der Waals surface area contributed by atoms with Gasteiger partial charge in [0, 0.05) is 0 Å². The molecule has 3 aliphatic heterocycles. The summed E-state index contributed by atoms with van der Waals surface area (Å²) in [7, 11) is 4.96. The first-order valence-electron chi connectivity index (χ1n) is 10.2. The van der Waals surface area contributed by atoms with Crippen molar-refractivity contribution in [3.63, 3.8) is 0 Å². The fourth-order valence-corrected chi connectivity index (χ4v) is 9.15. The van der Waals surface area contributed by atoms with Crippen molar-refractivity contribution < 1.29 is 47.6 Å². The third-order valence-electron chi connectivity index (χ3n) is 4.65. The molecular formula is C22H18O10S5. The quantitative estimate of drug-likeness (QED) is 0.341. The highest BCUT2D eigenvalue weighted by molar-refractivity contribution is 8.30. The van der Waals surface area contributed by atoms with Crippen LogP contribution in [0.4, 0.5) is 0 Å². The number of esters is 4. The van der Waals surface area contributed by atoms with E-state index in [0.717, 1.165) is 47.0 Å². The summed E-state index contributed by atoms with van der Waals surface area (Å²) in [6.07, 6.45) is 3.59. The Balaban J connectivity index is 1.66. The van der Waals surface area contributed by atoms with E-state index in [1.54, 1.807) is 12.2 Å². The normalized spacial score (nSPS) is 16.5. The number of thiophene rings is 1. The Morgan fingerprint density at radius 2 is 0.892 bits per heavy atom. The smallest absolute Gasteiger partial charge is 0.346 e. The molecule has 0 unspecified atom stereocenters. The summed E-state index contributed by atoms with van der Waals surface area (Å²) < 4.78 is 32.3. The Kier molecular flexibility index (Phi) is 8.90. The lowest BCUT2D eigenvalue weighted by Crippen LogP contribution is -2.15. The summed E-state index contributed by atoms with van der Waals surface area (Å²) in [6, 6.07) is 0. The molecule has 4 rings (SSSR count). The molecule has 0 spiro atoms. The topological polar surface area (TPSA) is 124 Å². The van der Waals surface area contributed by atoms with Gasteiger partial charge in [0.15, 0.2) is 11.5 Å². The average molecular weight is 603 g/mol. The molecule has 0 radical (unpaired) electrons. The first-order chi connectivity index (χ1) is 17.8. The van der Waals surface area contributed by atoms with Crippen LogP contribution >= 0.6 is 58.4 Å². The minimum atomic E-state index is -0.634. The van der Waals surface area contributed by atoms with Gasteiger partial charge in [0.1, 0.15) is 32.8 Å². The highest BCUT2D eigenvalue weighted by Crippen LogP contribution is 2.55. The van der Waals surface area contributed by atoms with Gasteiger partial charge in [0.2, 0.25) is 0 Å². The first-order valence-corrected chi connectivity index (χ1v) is 14.3. The van der Waals surface area contributed by atoms with Gasteiger partial charge in [-0.05, 0) is 12.2 Å². The minimum Gasteiger partial charge on any atom is -0.485 e. The summed E-state index contributed by atoms with van der Waals surface area (Å²) in [5.74, 6) is -1.50. The number of thioether (sulfide) groups is 4. The van der Waals surface area contributed by atoms with E-state index in [2.05, 4.69) is 0 Å². The van der Waals surface area contributed by atoms with Crippen molar-refractivity contribution in [3.8, 4) is 11.5 Å². The van der Waals surface area contributed by atoms with E-state index in [9.17, 15) is 19.2 Å². The molecule has 0 fully saturated rings. The zero-order valence-corrected chi connectivity index (χ0v) is 23.8. The highest BCUT2D eigenvalue weighted by atomic mass is 32.2. The van der Waals surface area contributed by atoms with Crippen LogP contribution in [0.1, 0.15) is 9.75 Å². The first kappa shape index (κ1) is 27.6. The molecule has 1 aromatic heterocycles. The van der Waals surface area contributed by atoms with E-state index < -0.39 is 23.9 Å². The Labute approximate surface area is 232 Å². The Morgan fingerprint density at radius 1 is 0.595 bits per heavy atom. The number of fused-ring (bicyclic) bond motifs is 1. The van der Waals surface area contributed by atoms with Gasteiger partial charge in [-0.1, -0.05) is 47.0 Å². The maximum Gasteiger partial charge on any atom is 0.346 e. The van der Waals surface area contributed by atoms with Crippen LogP contribution in [0.25, 0.3) is 12.2 Å². The molecule has 0 N–H and O–H groups in total. The predicted octanol–water partition coefficient (Wildman–Crippen LogP) is 4.19. The van der Waals surface area contributed by atoms with Crippen LogP contribution < -0.4 is 9.47 Å². The Bertz CT molecular complexity index is 1150. The molecular weight excluding hydrogens is 585 g/mol. The van der Waals surface area contributed by atoms with Crippen molar-refractivity contribution in [2.45, 2.75) is 0 Å². The SMILES string of the molecule is COC(=O)C1=C(C(=O)OC)SC(=Cc2sc(C=C3SC(C(=O)OC)=C(C(=O)OC)S3)c3c2OCCO3)S1. The molecule has 0 aliphatic carbocycles. The fourth-order valence-electron chi connectivity index (χ4n) is 3.06. The van der Waals surface area contributed by atoms with Gasteiger partial charge in [-0.15, -0.1) is 11.3 Å². The van der Waals surface area contributed by atoms with E-state index in [1.807, 2.05) is 0 Å². The number of ether oxygens (including phenoxy) is 6. The summed E-state index contributed by atoms with van der Waals surface area (Å²) in [6.45, 7) is 0.693. The largest absolute Gasteiger partial charge is 0.485 e. The van der Waals surface area contributed by atoms with Crippen molar-refractivity contribution in [1.82, 2.24) is 0 Å². The maximum absolute atomic E-state index is 12.2. The van der Waals surface area contributed by atoms with E-state index in [0.29, 0.717) is 42.9 Å². The summed E-state index contributed by atoms with van der Waals surface area (Å²) >= 11 is 5.75. The lowest BCUT2D eigenvalue weighted by molar-refractivity contribution is -0.138. The van der Waals surface area contributed by atoms with E-state index in [4.69, 9.17) is 28.4 Å². The van der Waals surface area contributed by atoms with Crippen molar-refractivity contribution >= 4 is 94.4 Å². The molecule has 3 aliphatic rings. The third-order valence-corrected chi connectivity index (χ3v) is 10.5. The number of carbonyl (C=O) groups excluding carboxylic acids is 4. The van der Waals surface area contributed by atoms with E-state index in [1.165, 1.54) is 39.8 Å². The second kappa shape index (κ2) is 11.9. The van der Waals surface area contributed by atoms with Crippen molar-refractivity contribution in [2.24, 2.45) is 0 Å². The monoisotopic (exact) mass is 602 g/mol. The number of methoxy groups -OCH3 is 4. The van der Waals surface area contributed by atoms with Crippen molar-refractivity contribution in [2.75, 3.05) is 41.7 Å². The highest BCUT2D eigenvalue weighted by Gasteiger charge is 2.35. The predicted molar refractivity (Wildman–Crippen MR) is 144 cm³/mol. The zero-order valence-electron chi connectivity index (χ0n) is 19.7. The fraction of sp³-hybridized carbons (Fsp3) is 0.273. The van der Waals surface area contributed by atoms with Crippen molar-refractivity contribution in [3.05, 3.63) is 37.8 Å². The molecule has 0 saturated carbocycles. The number of hydrogen-bond donors (Lipinski definition) is 0. The maximum atomic E-state index is 12.2. The van der Waals surface area contributed by atoms with E-state index in [-0.39, 0.29) is 19.6 Å². The van der Waals surface area contributed by atoms with Gasteiger partial charge in [0.05, 0.1) is 46.7 Å². The number of carbonyl (C=O) groups is 4. The molecule has 15 heteroatoms. The van der Waals surface area contributed by atoms with Gasteiger partial charge < -0.3 is 28.4 Å². The third kappa shape index (κ3) is 5.70. The summed E-state index contributed by atoms with van der Waals surface area (Å²) in [4.78, 5) is 50.8. The van der Waals surface area contributed by atoms with Crippen LogP contribution in [0.3, 0.4) is 0 Å². The minimum absolute atomic E-state index is 0.144. The molecule has 0 bridgehead atoms. The second-order valence-corrected chi connectivity index (χ2v) is 12.6. The Hall–Kier alpha value is -2.46. The second-order valence-electron chi connectivity index (χ2n) is 6.80. The molecule has 0 amide bonds. The van der Waals surface area contributed by atoms with E-state index >= 15 is 0 Å². The van der Waals surface area contributed by atoms with Crippen molar-refractivity contribution in [1.29, 1.82) is 0 Å². The molecule has 10 nitrogen and oxygen atoms in total. The van der Waals surface area contributed by atoms with Crippen LogP contribution in [0.15, 0.2) is 28.1 Å². The Morgan fingerprint density at radius 3 is 1.16 bits per heavy atom. The van der Waals surface area contributed by atoms with Gasteiger partial charge in [-0.2, -0.15) is 0 Å². The van der Waals surface area contributed by atoms with Gasteiger partial charge in [-0.25, -0.2) is 19.2 Å². The average Bonchev–Trinajstić information content (AvgIpc) is 3.63. The molecule has 0 saturated heterocycles. The lowest BCUT2D eigenvalue weighted by Gasteiger charge is -2.16. The summed E-state index contributed by atoms with van der Waals surface area (Å²) in [5, 5.41) is 0. The molecule has 37 heavy (non-hydrogen) atoms. The van der Waals surface area contributed by atoms with Gasteiger partial charge in [-0.3, -0.25) is 0 Å². The number of rotatable bonds is 6. The van der Waals surface area contributed by atoms with Crippen LogP contribution in [0.5, 0.6) is 11.5 Å². The molecule has 4 heterocycles. The standard InChI is InChI=1S/C22H18O10S5/c1-27-19(23)15-16(20(24)28-2)35-11(34-15)7-9-13-14(32-6-5-31-13)10(33-9)8-12-36-17(21(25)29-3)18(37-12)22(26)30-4/h7-8H,5-6H2,1-4H3.